The Hall–Kier alpha value is -2.72. The summed E-state index contributed by atoms with van der Waals surface area (Å²) in [7, 11) is 0. The number of aldehydes is 1. The molecule has 0 spiro atoms. The maximum Gasteiger partial charge on any atom is 0.150 e. The molecule has 148 valence electrons. The SMILES string of the molecule is CCc1cnccc1-c1cc(C=O)cc2cc(C3=CCCNC3)n(CC3CC3)c12. The molecule has 4 nitrogen and oxygen atoms in total. The van der Waals surface area contributed by atoms with Gasteiger partial charge in [-0.05, 0) is 79.1 Å². The molecule has 1 saturated carbocycles. The molecule has 1 aliphatic heterocycles. The molecule has 1 N–H and O–H groups in total. The first-order valence-electron chi connectivity index (χ1n) is 10.7. The third-order valence-corrected chi connectivity index (χ3v) is 6.22. The van der Waals surface area contributed by atoms with Crippen LogP contribution < -0.4 is 5.32 Å². The maximum atomic E-state index is 11.7. The molecule has 3 aromatic rings. The number of nitrogens with one attached hydrogen (secondary N) is 1. The van der Waals surface area contributed by atoms with E-state index in [2.05, 4.69) is 46.1 Å². The van der Waals surface area contributed by atoms with E-state index in [-0.39, 0.29) is 0 Å². The summed E-state index contributed by atoms with van der Waals surface area (Å²) in [6, 6.07) is 8.49. The zero-order valence-electron chi connectivity index (χ0n) is 16.9. The largest absolute Gasteiger partial charge is 0.340 e. The van der Waals surface area contributed by atoms with Gasteiger partial charge < -0.3 is 9.88 Å². The van der Waals surface area contributed by atoms with Crippen molar-refractivity contribution in [2.24, 2.45) is 5.92 Å². The molecule has 0 amide bonds. The molecule has 0 atom stereocenters. The van der Waals surface area contributed by atoms with Gasteiger partial charge in [0.05, 0.1) is 5.52 Å². The number of aromatic nitrogens is 2. The van der Waals surface area contributed by atoms with Crippen LogP contribution in [0.15, 0.2) is 42.7 Å². The first-order chi connectivity index (χ1) is 14.3. The Labute approximate surface area is 171 Å². The van der Waals surface area contributed by atoms with Crippen LogP contribution in [0, 0.1) is 5.92 Å². The number of hydrogen-bond acceptors (Lipinski definition) is 3. The summed E-state index contributed by atoms with van der Waals surface area (Å²) in [5, 5.41) is 4.67. The number of rotatable bonds is 6. The number of hydrogen-bond donors (Lipinski definition) is 1. The normalized spacial score (nSPS) is 16.8. The number of pyridine rings is 1. The van der Waals surface area contributed by atoms with Crippen LogP contribution in [0.5, 0.6) is 0 Å². The molecule has 1 fully saturated rings. The zero-order chi connectivity index (χ0) is 19.8. The highest BCUT2D eigenvalue weighted by Gasteiger charge is 2.26. The zero-order valence-corrected chi connectivity index (χ0v) is 16.9. The van der Waals surface area contributed by atoms with Gasteiger partial charge in [-0.25, -0.2) is 0 Å². The van der Waals surface area contributed by atoms with Gasteiger partial charge in [-0.2, -0.15) is 0 Å². The third kappa shape index (κ3) is 3.42. The fraction of sp³-hybridized carbons (Fsp3) is 0.360. The van der Waals surface area contributed by atoms with Gasteiger partial charge in [-0.3, -0.25) is 9.78 Å². The monoisotopic (exact) mass is 385 g/mol. The van der Waals surface area contributed by atoms with Crippen molar-refractivity contribution in [2.45, 2.75) is 39.2 Å². The molecule has 0 saturated heterocycles. The fourth-order valence-corrected chi connectivity index (χ4v) is 4.54. The highest BCUT2D eigenvalue weighted by Crippen LogP contribution is 2.39. The smallest absolute Gasteiger partial charge is 0.150 e. The quantitative estimate of drug-likeness (QED) is 0.616. The van der Waals surface area contributed by atoms with E-state index < -0.39 is 0 Å². The molecule has 2 aliphatic rings. The summed E-state index contributed by atoms with van der Waals surface area (Å²) in [5.41, 5.74) is 8.22. The van der Waals surface area contributed by atoms with Crippen LogP contribution in [0.3, 0.4) is 0 Å². The number of fused-ring (bicyclic) bond motifs is 1. The first kappa shape index (κ1) is 18.3. The minimum atomic E-state index is 0.734. The Kier molecular flexibility index (Phi) is 4.80. The topological polar surface area (TPSA) is 46.9 Å². The van der Waals surface area contributed by atoms with E-state index in [9.17, 15) is 4.79 Å². The summed E-state index contributed by atoms with van der Waals surface area (Å²) in [5.74, 6) is 0.767. The molecule has 4 heteroatoms. The van der Waals surface area contributed by atoms with E-state index in [1.165, 1.54) is 40.8 Å². The van der Waals surface area contributed by atoms with Crippen molar-refractivity contribution >= 4 is 22.8 Å². The highest BCUT2D eigenvalue weighted by atomic mass is 16.1. The Balaban J connectivity index is 1.80. The van der Waals surface area contributed by atoms with Crippen LogP contribution in [0.1, 0.15) is 47.8 Å². The summed E-state index contributed by atoms with van der Waals surface area (Å²) < 4.78 is 2.52. The average molecular weight is 386 g/mol. The second-order valence-corrected chi connectivity index (χ2v) is 8.29. The van der Waals surface area contributed by atoms with Gasteiger partial charge in [0.2, 0.25) is 0 Å². The lowest BCUT2D eigenvalue weighted by atomic mass is 9.96. The van der Waals surface area contributed by atoms with Crippen LogP contribution in [-0.4, -0.2) is 28.9 Å². The number of nitrogens with zero attached hydrogens (tertiary/aromatic N) is 2. The second-order valence-electron chi connectivity index (χ2n) is 8.29. The lowest BCUT2D eigenvalue weighted by molar-refractivity contribution is 0.112. The predicted molar refractivity (Wildman–Crippen MR) is 118 cm³/mol. The number of carbonyl (C=O) groups is 1. The van der Waals surface area contributed by atoms with Crippen molar-refractivity contribution in [3.8, 4) is 11.1 Å². The number of carbonyl (C=O) groups excluding carboxylic acids is 1. The highest BCUT2D eigenvalue weighted by molar-refractivity contribution is 6.01. The van der Waals surface area contributed by atoms with Gasteiger partial charge in [-0.1, -0.05) is 13.0 Å². The van der Waals surface area contributed by atoms with E-state index in [0.29, 0.717) is 0 Å². The Morgan fingerprint density at radius 2 is 2.14 bits per heavy atom. The summed E-state index contributed by atoms with van der Waals surface area (Å²) in [4.78, 5) is 16.1. The van der Waals surface area contributed by atoms with Crippen LogP contribution in [0.2, 0.25) is 0 Å². The van der Waals surface area contributed by atoms with Crippen LogP contribution >= 0.6 is 0 Å². The van der Waals surface area contributed by atoms with Crippen molar-refractivity contribution in [3.63, 3.8) is 0 Å². The Bertz CT molecular complexity index is 1100. The van der Waals surface area contributed by atoms with Gasteiger partial charge >= 0.3 is 0 Å². The molecular formula is C25H27N3O. The molecule has 3 heterocycles. The fourth-order valence-electron chi connectivity index (χ4n) is 4.54. The van der Waals surface area contributed by atoms with Crippen LogP contribution in [0.4, 0.5) is 0 Å². The summed E-state index contributed by atoms with van der Waals surface area (Å²) in [6.07, 6.45) is 11.8. The van der Waals surface area contributed by atoms with Gasteiger partial charge in [0.25, 0.3) is 0 Å². The minimum Gasteiger partial charge on any atom is -0.340 e. The molecular weight excluding hydrogens is 358 g/mol. The average Bonchev–Trinajstić information content (AvgIpc) is 3.53. The Morgan fingerprint density at radius 3 is 2.86 bits per heavy atom. The van der Waals surface area contributed by atoms with Gasteiger partial charge in [0, 0.05) is 47.7 Å². The van der Waals surface area contributed by atoms with E-state index >= 15 is 0 Å². The van der Waals surface area contributed by atoms with Crippen molar-refractivity contribution < 1.29 is 4.79 Å². The van der Waals surface area contributed by atoms with Gasteiger partial charge in [-0.15, -0.1) is 0 Å². The van der Waals surface area contributed by atoms with Crippen molar-refractivity contribution in [3.05, 3.63) is 59.6 Å². The van der Waals surface area contributed by atoms with E-state index in [0.717, 1.165) is 61.2 Å². The summed E-state index contributed by atoms with van der Waals surface area (Å²) >= 11 is 0. The minimum absolute atomic E-state index is 0.734. The van der Waals surface area contributed by atoms with Gasteiger partial charge in [0.1, 0.15) is 6.29 Å². The van der Waals surface area contributed by atoms with Crippen LogP contribution in [0.25, 0.3) is 27.6 Å². The molecule has 0 unspecified atom stereocenters. The third-order valence-electron chi connectivity index (χ3n) is 6.22. The van der Waals surface area contributed by atoms with Gasteiger partial charge in [0.15, 0.2) is 0 Å². The lowest BCUT2D eigenvalue weighted by Crippen LogP contribution is -2.22. The second kappa shape index (κ2) is 7.60. The summed E-state index contributed by atoms with van der Waals surface area (Å²) in [6.45, 7) is 5.17. The molecule has 2 aromatic heterocycles. The molecule has 5 rings (SSSR count). The lowest BCUT2D eigenvalue weighted by Gasteiger charge is -2.19. The van der Waals surface area contributed by atoms with E-state index in [4.69, 9.17) is 0 Å². The maximum absolute atomic E-state index is 11.7. The van der Waals surface area contributed by atoms with Crippen molar-refractivity contribution in [2.75, 3.05) is 13.1 Å². The number of benzene rings is 1. The number of aryl methyl sites for hydroxylation is 1. The Morgan fingerprint density at radius 1 is 1.24 bits per heavy atom. The first-order valence-corrected chi connectivity index (χ1v) is 10.7. The van der Waals surface area contributed by atoms with Crippen LogP contribution in [-0.2, 0) is 13.0 Å². The van der Waals surface area contributed by atoms with E-state index in [1.807, 2.05) is 18.5 Å². The standard InChI is InChI=1S/C25H27N3O/c1-2-19-13-27-9-7-22(19)23-11-18(16-29)10-21-12-24(20-4-3-8-26-14-20)28(25(21)23)15-17-5-6-17/h4,7,9-13,16-17,26H,2-3,5-6,8,14-15H2,1H3. The molecule has 1 aliphatic carbocycles. The predicted octanol–water partition coefficient (Wildman–Crippen LogP) is 4.86. The molecule has 29 heavy (non-hydrogen) atoms. The molecule has 0 bridgehead atoms. The van der Waals surface area contributed by atoms with E-state index in [1.54, 1.807) is 0 Å². The molecule has 0 radical (unpaired) electrons. The van der Waals surface area contributed by atoms with Crippen molar-refractivity contribution in [1.29, 1.82) is 0 Å². The molecule has 1 aromatic carbocycles. The van der Waals surface area contributed by atoms with Crippen molar-refractivity contribution in [1.82, 2.24) is 14.9 Å².